The lowest BCUT2D eigenvalue weighted by Crippen LogP contribution is -2.20. The maximum atomic E-state index is 13.5. The highest BCUT2D eigenvalue weighted by atomic mass is 19.1. The molecule has 0 saturated carbocycles. The van der Waals surface area contributed by atoms with Gasteiger partial charge in [-0.1, -0.05) is 6.08 Å². The Morgan fingerprint density at radius 3 is 3.00 bits per heavy atom. The van der Waals surface area contributed by atoms with Gasteiger partial charge in [-0.15, -0.1) is 0 Å². The predicted octanol–water partition coefficient (Wildman–Crippen LogP) is 2.95. The summed E-state index contributed by atoms with van der Waals surface area (Å²) in [6.07, 6.45) is 4.64. The molecule has 1 aromatic carbocycles. The fraction of sp³-hybridized carbons (Fsp3) is 0.231. The molecule has 0 aliphatic carbocycles. The number of nitrogens with one attached hydrogen (secondary N) is 1. The Labute approximate surface area is 92.8 Å². The monoisotopic (exact) mass is 217 g/mol. The van der Waals surface area contributed by atoms with E-state index < -0.39 is 0 Å². The summed E-state index contributed by atoms with van der Waals surface area (Å²) < 4.78 is 18.9. The number of halogens is 1. The zero-order chi connectivity index (χ0) is 11.0. The van der Waals surface area contributed by atoms with Crippen molar-refractivity contribution in [3.63, 3.8) is 0 Å². The molecule has 2 nitrogen and oxygen atoms in total. The summed E-state index contributed by atoms with van der Waals surface area (Å²) in [6, 6.07) is 4.99. The van der Waals surface area contributed by atoms with E-state index in [2.05, 4.69) is 11.4 Å². The second-order valence-electron chi connectivity index (χ2n) is 3.94. The highest BCUT2D eigenvalue weighted by Crippen LogP contribution is 2.30. The van der Waals surface area contributed by atoms with Crippen LogP contribution >= 0.6 is 0 Å². The summed E-state index contributed by atoms with van der Waals surface area (Å²) in [6.45, 7) is 1.83. The van der Waals surface area contributed by atoms with E-state index in [0.717, 1.165) is 25.1 Å². The van der Waals surface area contributed by atoms with Crippen molar-refractivity contribution in [3.05, 3.63) is 41.9 Å². The number of hydrogen-bond donors (Lipinski definition) is 1. The summed E-state index contributed by atoms with van der Waals surface area (Å²) in [7, 11) is 0. The molecular formula is C13H12FNO. The van der Waals surface area contributed by atoms with Crippen molar-refractivity contribution in [2.75, 3.05) is 13.1 Å². The number of benzene rings is 1. The Hall–Kier alpha value is -1.61. The van der Waals surface area contributed by atoms with Crippen molar-refractivity contribution in [1.82, 2.24) is 5.32 Å². The molecule has 3 rings (SSSR count). The van der Waals surface area contributed by atoms with Gasteiger partial charge in [0.2, 0.25) is 0 Å². The van der Waals surface area contributed by atoms with Gasteiger partial charge >= 0.3 is 0 Å². The van der Waals surface area contributed by atoms with Gasteiger partial charge in [0, 0.05) is 12.1 Å². The average Bonchev–Trinajstić information content (AvgIpc) is 2.81. The first kappa shape index (κ1) is 9.60. The first-order valence-electron chi connectivity index (χ1n) is 5.42. The van der Waals surface area contributed by atoms with Crippen molar-refractivity contribution in [2.45, 2.75) is 6.42 Å². The molecule has 3 heteroatoms. The van der Waals surface area contributed by atoms with Gasteiger partial charge in [0.05, 0.1) is 11.6 Å². The smallest absolute Gasteiger partial charge is 0.144 e. The van der Waals surface area contributed by atoms with E-state index in [1.54, 1.807) is 18.4 Å². The Bertz CT molecular complexity index is 556. The molecular weight excluding hydrogens is 205 g/mol. The fourth-order valence-corrected chi connectivity index (χ4v) is 2.15. The number of hydrogen-bond acceptors (Lipinski definition) is 2. The molecule has 0 spiro atoms. The molecule has 16 heavy (non-hydrogen) atoms. The molecule has 1 aliphatic heterocycles. The van der Waals surface area contributed by atoms with Crippen molar-refractivity contribution in [1.29, 1.82) is 0 Å². The quantitative estimate of drug-likeness (QED) is 0.794. The van der Waals surface area contributed by atoms with Gasteiger partial charge in [0.1, 0.15) is 11.4 Å². The second kappa shape index (κ2) is 3.76. The van der Waals surface area contributed by atoms with Gasteiger partial charge in [0.25, 0.3) is 0 Å². The Kier molecular flexibility index (Phi) is 2.26. The van der Waals surface area contributed by atoms with Gasteiger partial charge in [-0.3, -0.25) is 0 Å². The fourth-order valence-electron chi connectivity index (χ4n) is 2.15. The van der Waals surface area contributed by atoms with Crippen LogP contribution in [0.25, 0.3) is 16.5 Å². The van der Waals surface area contributed by atoms with Crippen LogP contribution in [0.5, 0.6) is 0 Å². The molecule has 82 valence electrons. The molecule has 1 aromatic heterocycles. The molecule has 0 atom stereocenters. The standard InChI is InChI=1S/C13H12FNO/c14-12-2-1-10(9-3-6-15-7-4-9)13-11(12)5-8-16-13/h1-3,5,8,15H,4,6-7H2. The van der Waals surface area contributed by atoms with Crippen LogP contribution in [0.1, 0.15) is 12.0 Å². The lowest BCUT2D eigenvalue weighted by molar-refractivity contribution is 0.608. The largest absolute Gasteiger partial charge is 0.464 e. The third kappa shape index (κ3) is 1.44. The molecule has 0 radical (unpaired) electrons. The minimum atomic E-state index is -0.220. The minimum Gasteiger partial charge on any atom is -0.464 e. The maximum absolute atomic E-state index is 13.5. The highest BCUT2D eigenvalue weighted by Gasteiger charge is 2.13. The second-order valence-corrected chi connectivity index (χ2v) is 3.94. The van der Waals surface area contributed by atoms with E-state index in [0.29, 0.717) is 11.0 Å². The van der Waals surface area contributed by atoms with E-state index in [1.807, 2.05) is 0 Å². The number of furan rings is 1. The topological polar surface area (TPSA) is 25.2 Å². The Morgan fingerprint density at radius 1 is 1.25 bits per heavy atom. The van der Waals surface area contributed by atoms with E-state index in [4.69, 9.17) is 4.42 Å². The van der Waals surface area contributed by atoms with Crippen LogP contribution < -0.4 is 5.32 Å². The first-order chi connectivity index (χ1) is 7.86. The van der Waals surface area contributed by atoms with Crippen molar-refractivity contribution in [3.8, 4) is 0 Å². The van der Waals surface area contributed by atoms with Gasteiger partial charge in [-0.25, -0.2) is 4.39 Å². The number of fused-ring (bicyclic) bond motifs is 1. The first-order valence-corrected chi connectivity index (χ1v) is 5.42. The predicted molar refractivity (Wildman–Crippen MR) is 61.6 cm³/mol. The molecule has 1 N–H and O–H groups in total. The molecule has 0 unspecified atom stereocenters. The van der Waals surface area contributed by atoms with Crippen molar-refractivity contribution >= 4 is 16.5 Å². The van der Waals surface area contributed by atoms with E-state index >= 15 is 0 Å². The van der Waals surface area contributed by atoms with Crippen LogP contribution in [0, 0.1) is 5.82 Å². The molecule has 1 aliphatic rings. The van der Waals surface area contributed by atoms with Gasteiger partial charge < -0.3 is 9.73 Å². The van der Waals surface area contributed by atoms with Gasteiger partial charge in [-0.05, 0) is 36.7 Å². The normalized spacial score (nSPS) is 16.4. The van der Waals surface area contributed by atoms with Gasteiger partial charge in [0.15, 0.2) is 0 Å². The van der Waals surface area contributed by atoms with E-state index in [9.17, 15) is 4.39 Å². The number of rotatable bonds is 1. The lowest BCUT2D eigenvalue weighted by Gasteiger charge is -2.14. The summed E-state index contributed by atoms with van der Waals surface area (Å²) in [5.41, 5.74) is 2.91. The molecule has 2 heterocycles. The molecule has 0 fully saturated rings. The molecule has 0 amide bonds. The molecule has 2 aromatic rings. The summed E-state index contributed by atoms with van der Waals surface area (Å²) >= 11 is 0. The maximum Gasteiger partial charge on any atom is 0.144 e. The SMILES string of the molecule is Fc1ccc(C2=CCNCC2)c2occc12. The van der Waals surface area contributed by atoms with Crippen LogP contribution in [0.3, 0.4) is 0 Å². The Balaban J connectivity index is 2.20. The van der Waals surface area contributed by atoms with E-state index in [1.165, 1.54) is 11.6 Å². The van der Waals surface area contributed by atoms with Crippen LogP contribution in [-0.4, -0.2) is 13.1 Å². The molecule has 0 bridgehead atoms. The van der Waals surface area contributed by atoms with Crippen LogP contribution in [0.15, 0.2) is 35.0 Å². The third-order valence-electron chi connectivity index (χ3n) is 2.97. The summed E-state index contributed by atoms with van der Waals surface area (Å²) in [5, 5.41) is 3.82. The highest BCUT2D eigenvalue weighted by molar-refractivity contribution is 5.90. The lowest BCUT2D eigenvalue weighted by atomic mass is 9.98. The summed E-state index contributed by atoms with van der Waals surface area (Å²) in [5.74, 6) is -0.220. The van der Waals surface area contributed by atoms with Crippen molar-refractivity contribution < 1.29 is 8.81 Å². The zero-order valence-corrected chi connectivity index (χ0v) is 8.79. The molecule has 0 saturated heterocycles. The van der Waals surface area contributed by atoms with E-state index in [-0.39, 0.29) is 5.82 Å². The van der Waals surface area contributed by atoms with Crippen molar-refractivity contribution in [2.24, 2.45) is 0 Å². The summed E-state index contributed by atoms with van der Waals surface area (Å²) in [4.78, 5) is 0. The third-order valence-corrected chi connectivity index (χ3v) is 2.97. The van der Waals surface area contributed by atoms with Crippen LogP contribution in [-0.2, 0) is 0 Å². The van der Waals surface area contributed by atoms with Crippen LogP contribution in [0.2, 0.25) is 0 Å². The van der Waals surface area contributed by atoms with Gasteiger partial charge in [-0.2, -0.15) is 0 Å². The zero-order valence-electron chi connectivity index (χ0n) is 8.79. The average molecular weight is 217 g/mol. The Morgan fingerprint density at radius 2 is 2.19 bits per heavy atom. The van der Waals surface area contributed by atoms with Crippen LogP contribution in [0.4, 0.5) is 4.39 Å². The minimum absolute atomic E-state index is 0.220.